The quantitative estimate of drug-likeness (QED) is 0.581. The summed E-state index contributed by atoms with van der Waals surface area (Å²) in [6.07, 6.45) is 0.369. The van der Waals surface area contributed by atoms with Gasteiger partial charge in [0.1, 0.15) is 12.2 Å². The van der Waals surface area contributed by atoms with Gasteiger partial charge in [-0.3, -0.25) is 14.3 Å². The van der Waals surface area contributed by atoms with E-state index in [9.17, 15) is 4.79 Å². The molecule has 0 saturated carbocycles. The van der Waals surface area contributed by atoms with Crippen molar-refractivity contribution in [3.63, 3.8) is 0 Å². The Balaban J connectivity index is 1.98. The van der Waals surface area contributed by atoms with Crippen LogP contribution in [0.15, 0.2) is 11.1 Å². The Morgan fingerprint density at radius 3 is 3.21 bits per heavy atom. The first-order valence-electron chi connectivity index (χ1n) is 5.67. The number of aromatic amines is 1. The van der Waals surface area contributed by atoms with Crippen molar-refractivity contribution in [2.75, 3.05) is 19.5 Å². The minimum atomic E-state index is -0.429. The highest BCUT2D eigenvalue weighted by Crippen LogP contribution is 2.38. The number of aliphatic hydroxyl groups is 1. The third-order valence-electron chi connectivity index (χ3n) is 3.07. The fourth-order valence-corrected chi connectivity index (χ4v) is 2.05. The first-order valence-corrected chi connectivity index (χ1v) is 5.67. The zero-order valence-corrected chi connectivity index (χ0v) is 10.1. The van der Waals surface area contributed by atoms with Gasteiger partial charge in [-0.2, -0.15) is 4.98 Å². The monoisotopic (exact) mass is 267 g/mol. The van der Waals surface area contributed by atoms with E-state index in [1.54, 1.807) is 4.57 Å². The van der Waals surface area contributed by atoms with Crippen LogP contribution in [0.4, 0.5) is 5.95 Å². The third-order valence-corrected chi connectivity index (χ3v) is 3.07. The van der Waals surface area contributed by atoms with Crippen LogP contribution >= 0.6 is 0 Å². The Kier molecular flexibility index (Phi) is 2.73. The second kappa shape index (κ2) is 4.30. The fourth-order valence-electron chi connectivity index (χ4n) is 2.05. The van der Waals surface area contributed by atoms with E-state index >= 15 is 0 Å². The number of anilines is 1. The molecule has 3 rings (SSSR count). The van der Waals surface area contributed by atoms with E-state index in [1.807, 2.05) is 0 Å². The highest BCUT2D eigenvalue weighted by Gasteiger charge is 2.47. The molecule has 0 amide bonds. The lowest BCUT2D eigenvalue weighted by atomic mass is 10.2. The van der Waals surface area contributed by atoms with Crippen LogP contribution in [0.1, 0.15) is 6.23 Å². The zero-order chi connectivity index (χ0) is 13.6. The molecular weight excluding hydrogens is 254 g/mol. The van der Waals surface area contributed by atoms with E-state index in [1.165, 1.54) is 13.4 Å². The fraction of sp³-hybridized carbons (Fsp3) is 0.500. The number of fused-ring (bicyclic) bond motifs is 1. The Morgan fingerprint density at radius 1 is 1.74 bits per heavy atom. The van der Waals surface area contributed by atoms with Gasteiger partial charge in [-0.25, -0.2) is 4.98 Å². The number of ether oxygens (including phenoxy) is 2. The average Bonchev–Trinajstić information content (AvgIpc) is 3.03. The van der Waals surface area contributed by atoms with Gasteiger partial charge in [0.15, 0.2) is 17.4 Å². The molecule has 9 nitrogen and oxygen atoms in total. The second-order valence-electron chi connectivity index (χ2n) is 4.22. The Morgan fingerprint density at radius 2 is 2.53 bits per heavy atom. The van der Waals surface area contributed by atoms with Crippen molar-refractivity contribution in [2.24, 2.45) is 0 Å². The molecule has 1 aliphatic rings. The molecule has 4 N–H and O–H groups in total. The van der Waals surface area contributed by atoms with Crippen LogP contribution in [-0.2, 0) is 9.47 Å². The highest BCUT2D eigenvalue weighted by atomic mass is 16.6. The summed E-state index contributed by atoms with van der Waals surface area (Å²) in [5.41, 5.74) is 5.65. The second-order valence-corrected chi connectivity index (χ2v) is 4.22. The molecule has 3 heterocycles. The summed E-state index contributed by atoms with van der Waals surface area (Å²) in [7, 11) is 1.49. The molecule has 102 valence electrons. The molecule has 2 aromatic heterocycles. The predicted octanol–water partition coefficient (Wildman–Crippen LogP) is -1.39. The topological polar surface area (TPSA) is 132 Å². The molecule has 9 heteroatoms. The number of nitrogens with zero attached hydrogens (tertiary/aromatic N) is 3. The first-order chi connectivity index (χ1) is 9.15. The molecule has 0 radical (unpaired) electrons. The van der Waals surface area contributed by atoms with Gasteiger partial charge in [-0.15, -0.1) is 0 Å². The third kappa shape index (κ3) is 1.87. The number of hydrogen-bond donors (Lipinski definition) is 3. The molecule has 1 fully saturated rings. The van der Waals surface area contributed by atoms with Crippen molar-refractivity contribution in [1.82, 2.24) is 19.5 Å². The van der Waals surface area contributed by atoms with Crippen LogP contribution < -0.4 is 11.3 Å². The van der Waals surface area contributed by atoms with Crippen LogP contribution in [0.5, 0.6) is 0 Å². The van der Waals surface area contributed by atoms with E-state index in [0.29, 0.717) is 5.65 Å². The van der Waals surface area contributed by atoms with Crippen molar-refractivity contribution >= 4 is 17.1 Å². The zero-order valence-electron chi connectivity index (χ0n) is 10.1. The number of nitrogens with one attached hydrogen (secondary N) is 1. The molecule has 0 unspecified atom stereocenters. The van der Waals surface area contributed by atoms with Crippen molar-refractivity contribution in [2.45, 2.75) is 18.4 Å². The number of imidazole rings is 1. The standard InChI is InChI=1S/C10H13N5O4/c1-18-4(2-16)6-9(19-6)15-3-12-5-7(15)13-10(11)14-8(5)17/h3-4,6,9,16H,2H2,1H3,(H3,11,13,14,17)/t4-,6+,9+/m1/s1. The smallest absolute Gasteiger partial charge is 0.280 e. The Hall–Kier alpha value is -1.97. The normalized spacial score (nSPS) is 23.7. The summed E-state index contributed by atoms with van der Waals surface area (Å²) >= 11 is 0. The van der Waals surface area contributed by atoms with Gasteiger partial charge >= 0.3 is 0 Å². The van der Waals surface area contributed by atoms with E-state index in [-0.39, 0.29) is 30.4 Å². The Labute approximate surface area is 107 Å². The van der Waals surface area contributed by atoms with Crippen LogP contribution in [0.25, 0.3) is 11.2 Å². The molecule has 0 spiro atoms. The van der Waals surface area contributed by atoms with E-state index in [2.05, 4.69) is 15.0 Å². The van der Waals surface area contributed by atoms with Crippen molar-refractivity contribution in [1.29, 1.82) is 0 Å². The van der Waals surface area contributed by atoms with E-state index < -0.39 is 11.7 Å². The van der Waals surface area contributed by atoms with Crippen LogP contribution in [0, 0.1) is 0 Å². The minimum absolute atomic E-state index is 0.0156. The van der Waals surface area contributed by atoms with E-state index in [0.717, 1.165) is 0 Å². The van der Waals surface area contributed by atoms with Crippen LogP contribution in [0.3, 0.4) is 0 Å². The summed E-state index contributed by atoms with van der Waals surface area (Å²) in [4.78, 5) is 22.0. The number of nitrogen functional groups attached to an aromatic ring is 1. The maximum absolute atomic E-state index is 11.6. The average molecular weight is 267 g/mol. The molecule has 3 atom stereocenters. The van der Waals surface area contributed by atoms with Gasteiger partial charge in [-0.1, -0.05) is 0 Å². The number of H-pyrrole nitrogens is 1. The van der Waals surface area contributed by atoms with Gasteiger partial charge in [0.05, 0.1) is 12.9 Å². The predicted molar refractivity (Wildman–Crippen MR) is 64.4 cm³/mol. The summed E-state index contributed by atoms with van der Waals surface area (Å²) < 4.78 is 12.1. The van der Waals surface area contributed by atoms with Crippen LogP contribution in [-0.4, -0.2) is 50.6 Å². The molecule has 19 heavy (non-hydrogen) atoms. The number of aromatic nitrogens is 4. The largest absolute Gasteiger partial charge is 0.394 e. The van der Waals surface area contributed by atoms with Crippen LogP contribution in [0.2, 0.25) is 0 Å². The van der Waals surface area contributed by atoms with Gasteiger partial charge < -0.3 is 20.3 Å². The van der Waals surface area contributed by atoms with Gasteiger partial charge in [0.25, 0.3) is 5.56 Å². The Bertz CT molecular complexity index is 661. The number of rotatable bonds is 4. The van der Waals surface area contributed by atoms with Crippen molar-refractivity contribution in [3.05, 3.63) is 16.7 Å². The SMILES string of the molecule is CO[C@H](CO)[C@@H]1O[C@@H]1n1cnc2c(=O)[nH]c(N)nc21. The number of methoxy groups -OCH3 is 1. The molecule has 0 aliphatic carbocycles. The van der Waals surface area contributed by atoms with Crippen molar-refractivity contribution < 1.29 is 14.6 Å². The molecule has 0 aromatic carbocycles. The van der Waals surface area contributed by atoms with Gasteiger partial charge in [-0.05, 0) is 0 Å². The first kappa shape index (κ1) is 12.1. The van der Waals surface area contributed by atoms with Gasteiger partial charge in [0, 0.05) is 7.11 Å². The molecule has 0 bridgehead atoms. The number of nitrogens with two attached hydrogens (primary N) is 1. The minimum Gasteiger partial charge on any atom is -0.394 e. The summed E-state index contributed by atoms with van der Waals surface area (Å²) in [6, 6.07) is 0. The number of hydrogen-bond acceptors (Lipinski definition) is 7. The lowest BCUT2D eigenvalue weighted by molar-refractivity contribution is 0.0292. The molecule has 1 aliphatic heterocycles. The van der Waals surface area contributed by atoms with E-state index in [4.69, 9.17) is 20.3 Å². The molecule has 1 saturated heterocycles. The lowest BCUT2D eigenvalue weighted by Gasteiger charge is -2.08. The lowest BCUT2D eigenvalue weighted by Crippen LogP contribution is -2.23. The maximum Gasteiger partial charge on any atom is 0.280 e. The van der Waals surface area contributed by atoms with Gasteiger partial charge in [0.2, 0.25) is 5.95 Å². The summed E-state index contributed by atoms with van der Waals surface area (Å²) in [5, 5.41) is 9.13. The van der Waals surface area contributed by atoms with Crippen molar-refractivity contribution in [3.8, 4) is 0 Å². The molecule has 2 aromatic rings. The number of aliphatic hydroxyl groups excluding tert-OH is 1. The number of epoxide rings is 1. The summed E-state index contributed by atoms with van der Waals surface area (Å²) in [6.45, 7) is -0.152. The summed E-state index contributed by atoms with van der Waals surface area (Å²) in [5.74, 6) is 0.0156. The maximum atomic E-state index is 11.6. The molecular formula is C10H13N5O4. The highest BCUT2D eigenvalue weighted by molar-refractivity contribution is 5.70.